The molecule has 4 aromatic rings. The normalized spacial score (nSPS) is 17.5. The molecule has 238 valence electrons. The first-order valence-electron chi connectivity index (χ1n) is 14.1. The summed E-state index contributed by atoms with van der Waals surface area (Å²) in [6.07, 6.45) is 2.58. The summed E-state index contributed by atoms with van der Waals surface area (Å²) in [5.74, 6) is -2.40. The molecule has 2 aliphatic heterocycles. The molecular formula is C32H26N6O6S3. The molecule has 12 nitrogen and oxygen atoms in total. The first-order valence-corrected chi connectivity index (χ1v) is 16.9. The van der Waals surface area contributed by atoms with Gasteiger partial charge in [0.05, 0.1) is 0 Å². The van der Waals surface area contributed by atoms with Crippen molar-refractivity contribution in [2.75, 3.05) is 11.5 Å². The minimum atomic E-state index is -1.02. The molecule has 0 unspecified atom stereocenters. The number of carbonyl (C=O) groups excluding carboxylic acids is 4. The molecule has 3 N–H and O–H groups in total. The summed E-state index contributed by atoms with van der Waals surface area (Å²) in [5.41, 5.74) is 7.11. The summed E-state index contributed by atoms with van der Waals surface area (Å²) >= 11 is 3.77. The third-order valence-electron chi connectivity index (χ3n) is 6.96. The Balaban J connectivity index is 1.30. The lowest BCUT2D eigenvalue weighted by atomic mass is 10.0. The van der Waals surface area contributed by atoms with E-state index in [1.54, 1.807) is 18.5 Å². The van der Waals surface area contributed by atoms with Gasteiger partial charge < -0.3 is 20.6 Å². The highest BCUT2D eigenvalue weighted by Crippen LogP contribution is 2.46. The molecule has 1 saturated heterocycles. The lowest BCUT2D eigenvalue weighted by molar-refractivity contribution is -0.154. The van der Waals surface area contributed by atoms with E-state index in [4.69, 9.17) is 15.3 Å². The number of nitrogens with zero attached hydrogens (tertiary/aromatic N) is 4. The van der Waals surface area contributed by atoms with Crippen LogP contribution in [0, 0.1) is 0 Å². The van der Waals surface area contributed by atoms with Crippen LogP contribution in [0.4, 0.5) is 5.13 Å². The molecule has 2 aromatic heterocycles. The van der Waals surface area contributed by atoms with Gasteiger partial charge in [-0.15, -0.1) is 23.1 Å². The van der Waals surface area contributed by atoms with Crippen molar-refractivity contribution in [1.29, 1.82) is 0 Å². The topological polar surface area (TPSA) is 166 Å². The number of thioether (sulfide) groups is 2. The number of nitrogens with two attached hydrogens (primary N) is 1. The molecule has 1 fully saturated rings. The number of ether oxygens (including phenoxy) is 1. The van der Waals surface area contributed by atoms with E-state index < -0.39 is 41.3 Å². The number of oxime groups is 1. The quantitative estimate of drug-likeness (QED) is 0.0810. The van der Waals surface area contributed by atoms with Crippen LogP contribution in [0.15, 0.2) is 111 Å². The summed E-state index contributed by atoms with van der Waals surface area (Å²) in [4.78, 5) is 68.5. The van der Waals surface area contributed by atoms with Crippen LogP contribution in [0.2, 0.25) is 0 Å². The molecule has 0 saturated carbocycles. The van der Waals surface area contributed by atoms with Crippen LogP contribution in [0.1, 0.15) is 29.8 Å². The zero-order valence-electron chi connectivity index (χ0n) is 24.6. The van der Waals surface area contributed by atoms with Gasteiger partial charge in [0.25, 0.3) is 11.8 Å². The fraction of sp³-hybridized carbons (Fsp3) is 0.156. The van der Waals surface area contributed by atoms with Gasteiger partial charge in [-0.25, -0.2) is 14.6 Å². The molecule has 2 atom stereocenters. The van der Waals surface area contributed by atoms with Crippen LogP contribution in [0.5, 0.6) is 0 Å². The second-order valence-electron chi connectivity index (χ2n) is 10.1. The van der Waals surface area contributed by atoms with Crippen molar-refractivity contribution in [2.45, 2.75) is 29.3 Å². The molecule has 0 radical (unpaired) electrons. The molecule has 6 rings (SSSR count). The van der Waals surface area contributed by atoms with E-state index >= 15 is 0 Å². The molecule has 0 bridgehead atoms. The van der Waals surface area contributed by atoms with E-state index in [1.807, 2.05) is 66.7 Å². The van der Waals surface area contributed by atoms with Crippen LogP contribution in [-0.4, -0.2) is 61.5 Å². The minimum Gasteiger partial charge on any atom is -0.448 e. The molecule has 47 heavy (non-hydrogen) atoms. The van der Waals surface area contributed by atoms with Crippen molar-refractivity contribution in [1.82, 2.24) is 20.2 Å². The molecule has 2 amide bonds. The summed E-state index contributed by atoms with van der Waals surface area (Å²) in [6.45, 7) is 1.13. The van der Waals surface area contributed by atoms with Gasteiger partial charge in [0, 0.05) is 40.3 Å². The SMILES string of the molecule is CC(=O)O/N=C(\C(=O)N[C@@H]1C(=O)N2C(C(=O)OC(c3ccccc3)c3ccccc3)=C(Sc3cccnc3)CS[C@H]12)c1csc(N)n1. The number of pyridine rings is 1. The standard InChI is InChI=1S/C32H26N6O6S3/c1-18(39)44-37-24(22-16-46-32(33)35-22)28(40)36-25-29(41)38-26(23(17-45-30(25)38)47-21-13-8-14-34-15-21)31(42)43-27(19-9-4-2-5-10-19)20-11-6-3-7-12-20/h2-16,25,27,30H,17H2,1H3,(H2,33,35)(H,36,40)/b37-24-/t25-,30-/m1/s1. The highest BCUT2D eigenvalue weighted by molar-refractivity contribution is 8.06. The van der Waals surface area contributed by atoms with Gasteiger partial charge in [0.1, 0.15) is 22.8 Å². The lowest BCUT2D eigenvalue weighted by Crippen LogP contribution is -2.71. The second kappa shape index (κ2) is 14.2. The average Bonchev–Trinajstić information content (AvgIpc) is 3.52. The zero-order valence-corrected chi connectivity index (χ0v) is 27.1. The summed E-state index contributed by atoms with van der Waals surface area (Å²) in [6, 6.07) is 21.3. The average molecular weight is 687 g/mol. The molecule has 0 aliphatic carbocycles. The number of amides is 2. The number of hydrogen-bond donors (Lipinski definition) is 2. The van der Waals surface area contributed by atoms with Gasteiger partial charge in [-0.2, -0.15) is 0 Å². The number of β-lactam (4-membered cyclic amide) rings is 1. The maximum absolute atomic E-state index is 14.2. The maximum atomic E-state index is 14.2. The van der Waals surface area contributed by atoms with E-state index in [-0.39, 0.29) is 22.2 Å². The molecule has 2 aliphatic rings. The van der Waals surface area contributed by atoms with Crippen molar-refractivity contribution in [3.8, 4) is 0 Å². The summed E-state index contributed by atoms with van der Waals surface area (Å²) in [5, 5.41) is 7.36. The van der Waals surface area contributed by atoms with Crippen LogP contribution in [0.25, 0.3) is 0 Å². The number of fused-ring (bicyclic) bond motifs is 1. The molecule has 15 heteroatoms. The Hall–Kier alpha value is -4.99. The molecule has 4 heterocycles. The van der Waals surface area contributed by atoms with E-state index in [9.17, 15) is 19.2 Å². The largest absolute Gasteiger partial charge is 0.448 e. The first-order chi connectivity index (χ1) is 22.8. The Morgan fingerprint density at radius 1 is 1.06 bits per heavy atom. The number of nitrogen functional groups attached to an aromatic ring is 1. The van der Waals surface area contributed by atoms with Gasteiger partial charge >= 0.3 is 11.9 Å². The highest BCUT2D eigenvalue weighted by Gasteiger charge is 2.55. The van der Waals surface area contributed by atoms with Crippen molar-refractivity contribution in [3.05, 3.63) is 118 Å². The number of hydrogen-bond acceptors (Lipinski definition) is 13. The summed E-state index contributed by atoms with van der Waals surface area (Å²) < 4.78 is 6.20. The second-order valence-corrected chi connectivity index (χ2v) is 13.3. The number of rotatable bonds is 10. The number of carbonyl (C=O) groups is 4. The van der Waals surface area contributed by atoms with E-state index in [1.165, 1.54) is 33.8 Å². The molecular weight excluding hydrogens is 661 g/mol. The lowest BCUT2D eigenvalue weighted by Gasteiger charge is -2.49. The van der Waals surface area contributed by atoms with Crippen LogP contribution < -0.4 is 11.1 Å². The van der Waals surface area contributed by atoms with Gasteiger partial charge in [-0.3, -0.25) is 19.5 Å². The molecule has 0 spiro atoms. The highest BCUT2D eigenvalue weighted by atomic mass is 32.2. The number of thiazole rings is 1. The Morgan fingerprint density at radius 3 is 2.36 bits per heavy atom. The molecule has 2 aromatic carbocycles. The fourth-order valence-corrected chi connectivity index (χ4v) is 7.88. The Labute approximate surface area is 281 Å². The third kappa shape index (κ3) is 7.06. The van der Waals surface area contributed by atoms with Gasteiger partial charge in [-0.05, 0) is 23.3 Å². The van der Waals surface area contributed by atoms with E-state index in [2.05, 4.69) is 20.4 Å². The van der Waals surface area contributed by atoms with Crippen molar-refractivity contribution >= 4 is 69.5 Å². The van der Waals surface area contributed by atoms with E-state index in [0.717, 1.165) is 34.3 Å². The number of nitrogens with one attached hydrogen (secondary N) is 1. The summed E-state index contributed by atoms with van der Waals surface area (Å²) in [7, 11) is 0. The van der Waals surface area contributed by atoms with Crippen molar-refractivity contribution in [3.63, 3.8) is 0 Å². The smallest absolute Gasteiger partial charge is 0.356 e. The Bertz CT molecular complexity index is 1830. The van der Waals surface area contributed by atoms with E-state index in [0.29, 0.717) is 10.7 Å². The van der Waals surface area contributed by atoms with Gasteiger partial charge in [0.2, 0.25) is 0 Å². The first kappa shape index (κ1) is 32.0. The predicted molar refractivity (Wildman–Crippen MR) is 178 cm³/mol. The zero-order chi connectivity index (χ0) is 32.9. The number of esters is 1. The van der Waals surface area contributed by atoms with Crippen LogP contribution in [-0.2, 0) is 28.8 Å². The predicted octanol–water partition coefficient (Wildman–Crippen LogP) is 4.12. The van der Waals surface area contributed by atoms with Crippen LogP contribution >= 0.6 is 34.9 Å². The fourth-order valence-electron chi connectivity index (χ4n) is 4.88. The van der Waals surface area contributed by atoms with Crippen molar-refractivity contribution < 1.29 is 28.8 Å². The third-order valence-corrected chi connectivity index (χ3v) is 10.2. The monoisotopic (exact) mass is 686 g/mol. The number of benzene rings is 2. The van der Waals surface area contributed by atoms with Crippen LogP contribution in [0.3, 0.4) is 0 Å². The number of aromatic nitrogens is 2. The van der Waals surface area contributed by atoms with Crippen molar-refractivity contribution in [2.24, 2.45) is 5.16 Å². The van der Waals surface area contributed by atoms with Gasteiger partial charge in [-0.1, -0.05) is 77.6 Å². The minimum absolute atomic E-state index is 0.0818. The maximum Gasteiger partial charge on any atom is 0.356 e. The Kier molecular flexibility index (Phi) is 9.65. The Morgan fingerprint density at radius 2 is 1.77 bits per heavy atom. The van der Waals surface area contributed by atoms with Gasteiger partial charge in [0.15, 0.2) is 16.9 Å². The number of anilines is 1.